The summed E-state index contributed by atoms with van der Waals surface area (Å²) >= 11 is 0. The summed E-state index contributed by atoms with van der Waals surface area (Å²) in [6.45, 7) is 5.30. The lowest BCUT2D eigenvalue weighted by Gasteiger charge is -2.55. The minimum Gasteiger partial charge on any atom is -0.494 e. The average molecular weight is 448 g/mol. The van der Waals surface area contributed by atoms with Crippen LogP contribution in [0.15, 0.2) is 41.0 Å². The van der Waals surface area contributed by atoms with Crippen LogP contribution in [0, 0.1) is 5.82 Å². The van der Waals surface area contributed by atoms with Crippen molar-refractivity contribution in [3.05, 3.63) is 48.2 Å². The minimum atomic E-state index is -0.681. The predicted octanol–water partition coefficient (Wildman–Crippen LogP) is 1.26. The van der Waals surface area contributed by atoms with Gasteiger partial charge in [-0.1, -0.05) is 6.92 Å². The van der Waals surface area contributed by atoms with Gasteiger partial charge in [-0.2, -0.15) is 0 Å². The molecule has 32 heavy (non-hydrogen) atoms. The summed E-state index contributed by atoms with van der Waals surface area (Å²) in [5.74, 6) is 0.429. The van der Waals surface area contributed by atoms with E-state index in [0.717, 1.165) is 31.7 Å². The molecule has 0 aliphatic carbocycles. The molecule has 0 radical (unpaired) electrons. The van der Waals surface area contributed by atoms with E-state index in [1.54, 1.807) is 23.3 Å². The van der Waals surface area contributed by atoms with E-state index in [1.807, 2.05) is 21.9 Å². The van der Waals surface area contributed by atoms with Crippen LogP contribution in [0.2, 0.25) is 0 Å². The van der Waals surface area contributed by atoms with E-state index < -0.39 is 24.7 Å². The van der Waals surface area contributed by atoms with Crippen LogP contribution in [0.4, 0.5) is 10.1 Å². The number of anilines is 1. The summed E-state index contributed by atoms with van der Waals surface area (Å²) in [5, 5.41) is 0. The first-order chi connectivity index (χ1) is 15.4. The van der Waals surface area contributed by atoms with Crippen molar-refractivity contribution >= 4 is 5.69 Å². The first kappa shape index (κ1) is 23.0. The quantitative estimate of drug-likeness (QED) is 0.577. The van der Waals surface area contributed by atoms with E-state index in [1.165, 1.54) is 13.2 Å². The summed E-state index contributed by atoms with van der Waals surface area (Å²) in [6, 6.07) is 8.80. The Hall–Kier alpha value is -2.21. The summed E-state index contributed by atoms with van der Waals surface area (Å²) in [7, 11) is 1.43. The molecule has 4 rings (SSSR count). The van der Waals surface area contributed by atoms with Gasteiger partial charge in [-0.15, -0.1) is 0 Å². The van der Waals surface area contributed by atoms with Crippen molar-refractivity contribution in [2.75, 3.05) is 31.6 Å². The van der Waals surface area contributed by atoms with Crippen LogP contribution in [0.25, 0.3) is 0 Å². The summed E-state index contributed by atoms with van der Waals surface area (Å²) < 4.78 is 25.2. The van der Waals surface area contributed by atoms with Gasteiger partial charge in [0, 0.05) is 24.3 Å². The van der Waals surface area contributed by atoms with Gasteiger partial charge in [0.25, 0.3) is 0 Å². The number of nitrogens with zero attached hydrogens (tertiary/aromatic N) is 4. The van der Waals surface area contributed by atoms with Gasteiger partial charge in [0.1, 0.15) is 24.6 Å². The summed E-state index contributed by atoms with van der Waals surface area (Å²) in [5.41, 5.74) is 20.7. The number of benzene rings is 1. The smallest absolute Gasteiger partial charge is 0.167 e. The predicted molar refractivity (Wildman–Crippen MR) is 121 cm³/mol. The zero-order valence-electron chi connectivity index (χ0n) is 18.7. The number of methoxy groups -OCH3 is 1. The number of rotatable bonds is 7. The number of hydrogen-bond donors (Lipinski definition) is 3. The van der Waals surface area contributed by atoms with Gasteiger partial charge < -0.3 is 19.8 Å². The molecule has 1 aromatic heterocycles. The van der Waals surface area contributed by atoms with Crippen LogP contribution in [-0.4, -0.2) is 66.4 Å². The Balaban J connectivity index is 1.66. The molecule has 2 aliphatic heterocycles. The highest BCUT2D eigenvalue weighted by atomic mass is 19.1. The second kappa shape index (κ2) is 9.74. The Kier molecular flexibility index (Phi) is 6.99. The maximum absolute atomic E-state index is 14.6. The van der Waals surface area contributed by atoms with Crippen molar-refractivity contribution in [1.29, 1.82) is 0 Å². The monoisotopic (exact) mass is 447 g/mol. The van der Waals surface area contributed by atoms with E-state index in [9.17, 15) is 4.39 Å². The van der Waals surface area contributed by atoms with Gasteiger partial charge in [-0.05, 0) is 50.2 Å². The molecule has 2 saturated heterocycles. The Morgan fingerprint density at radius 2 is 1.91 bits per heavy atom. The lowest BCUT2D eigenvalue weighted by molar-refractivity contribution is -0.0749. The molecule has 4 unspecified atom stereocenters. The number of furan rings is 1. The fourth-order valence-electron chi connectivity index (χ4n) is 4.85. The molecule has 9 nitrogen and oxygen atoms in total. The van der Waals surface area contributed by atoms with Crippen LogP contribution < -0.4 is 26.8 Å². The molecule has 3 heterocycles. The third kappa shape index (κ3) is 4.34. The van der Waals surface area contributed by atoms with Crippen LogP contribution in [0.1, 0.15) is 25.5 Å². The fraction of sp³-hybridized carbons (Fsp3) is 0.545. The third-order valence-corrected chi connectivity index (χ3v) is 6.61. The van der Waals surface area contributed by atoms with Crippen LogP contribution in [-0.2, 0) is 6.54 Å². The van der Waals surface area contributed by atoms with E-state index in [-0.39, 0.29) is 5.75 Å². The van der Waals surface area contributed by atoms with Crippen molar-refractivity contribution in [2.24, 2.45) is 17.2 Å². The minimum absolute atomic E-state index is 0.165. The van der Waals surface area contributed by atoms with Gasteiger partial charge in [0.05, 0.1) is 19.9 Å². The molecule has 0 saturated carbocycles. The number of ether oxygens (including phenoxy) is 1. The van der Waals surface area contributed by atoms with E-state index >= 15 is 0 Å². The standard InChI is InChI=1S/C22H34FN7O2/c1-3-27-10-4-6-16(27)13-28-20(24)29(14-17-7-5-11-32-17)22(26)30(21(28)25)15-8-9-19(31-2)18(23)12-15/h5,7-9,11-12,16,20-22H,3-4,6,10,13-14,24-26H2,1-2H3. The lowest BCUT2D eigenvalue weighted by Crippen LogP contribution is -2.78. The normalized spacial score (nSPS) is 27.9. The third-order valence-electron chi connectivity index (χ3n) is 6.61. The summed E-state index contributed by atoms with van der Waals surface area (Å²) in [4.78, 5) is 8.19. The Bertz CT molecular complexity index is 883. The van der Waals surface area contributed by atoms with E-state index in [0.29, 0.717) is 24.8 Å². The van der Waals surface area contributed by atoms with Crippen LogP contribution in [0.3, 0.4) is 0 Å². The Morgan fingerprint density at radius 3 is 2.56 bits per heavy atom. The van der Waals surface area contributed by atoms with Crippen molar-refractivity contribution in [2.45, 2.75) is 51.2 Å². The number of halogens is 1. The van der Waals surface area contributed by atoms with Gasteiger partial charge in [0.15, 0.2) is 11.6 Å². The van der Waals surface area contributed by atoms with Gasteiger partial charge in [-0.3, -0.25) is 16.4 Å². The van der Waals surface area contributed by atoms with Gasteiger partial charge in [-0.25, -0.2) is 14.2 Å². The number of likely N-dealkylation sites (tertiary alicyclic amines) is 1. The van der Waals surface area contributed by atoms with Gasteiger partial charge >= 0.3 is 0 Å². The first-order valence-corrected chi connectivity index (χ1v) is 11.1. The molecule has 0 spiro atoms. The molecule has 2 aliphatic rings. The molecule has 176 valence electrons. The van der Waals surface area contributed by atoms with Crippen molar-refractivity contribution in [3.63, 3.8) is 0 Å². The number of likely N-dealkylation sites (N-methyl/N-ethyl adjacent to an activating group) is 1. The molecule has 2 aromatic rings. The van der Waals surface area contributed by atoms with Crippen LogP contribution in [0.5, 0.6) is 5.75 Å². The summed E-state index contributed by atoms with van der Waals surface area (Å²) in [6.07, 6.45) is 2.03. The Morgan fingerprint density at radius 1 is 1.12 bits per heavy atom. The highest BCUT2D eigenvalue weighted by Crippen LogP contribution is 2.31. The highest BCUT2D eigenvalue weighted by Gasteiger charge is 2.44. The van der Waals surface area contributed by atoms with Crippen molar-refractivity contribution in [3.8, 4) is 5.75 Å². The number of hydrogen-bond acceptors (Lipinski definition) is 9. The van der Waals surface area contributed by atoms with Crippen molar-refractivity contribution < 1.29 is 13.5 Å². The Labute approximate surface area is 188 Å². The molecule has 2 fully saturated rings. The topological polar surface area (TPSA) is 113 Å². The molecular weight excluding hydrogens is 413 g/mol. The van der Waals surface area contributed by atoms with E-state index in [4.69, 9.17) is 26.4 Å². The van der Waals surface area contributed by atoms with Crippen LogP contribution >= 0.6 is 0 Å². The zero-order chi connectivity index (χ0) is 22.8. The average Bonchev–Trinajstić information content (AvgIpc) is 3.46. The maximum atomic E-state index is 14.6. The van der Waals surface area contributed by atoms with E-state index in [2.05, 4.69) is 11.8 Å². The largest absolute Gasteiger partial charge is 0.494 e. The molecule has 0 bridgehead atoms. The molecular formula is C22H34FN7O2. The van der Waals surface area contributed by atoms with Gasteiger partial charge in [0.2, 0.25) is 0 Å². The SMILES string of the molecule is CCN1CCCC1CN1C(N)N(Cc2ccco2)C(N)N(c2ccc(OC)c(F)c2)C1N. The molecule has 1 aromatic carbocycles. The zero-order valence-corrected chi connectivity index (χ0v) is 18.7. The first-order valence-electron chi connectivity index (χ1n) is 11.1. The fourth-order valence-corrected chi connectivity index (χ4v) is 4.85. The second-order valence-electron chi connectivity index (χ2n) is 8.34. The highest BCUT2D eigenvalue weighted by molar-refractivity contribution is 5.51. The van der Waals surface area contributed by atoms with Crippen molar-refractivity contribution in [1.82, 2.24) is 14.7 Å². The molecule has 10 heteroatoms. The molecule has 6 N–H and O–H groups in total. The lowest BCUT2D eigenvalue weighted by atomic mass is 10.1. The molecule has 4 atom stereocenters. The molecule has 0 amide bonds. The maximum Gasteiger partial charge on any atom is 0.167 e. The number of nitrogens with two attached hydrogens (primary N) is 3. The second-order valence-corrected chi connectivity index (χ2v) is 8.34.